The number of carbonyl (C=O) groups excluding carboxylic acids is 1. The Morgan fingerprint density at radius 1 is 1.56 bits per heavy atom. The van der Waals surface area contributed by atoms with Crippen LogP contribution < -0.4 is 10.6 Å². The average Bonchev–Trinajstić information content (AvgIpc) is 2.42. The monoisotopic (exact) mass is 263 g/mol. The van der Waals surface area contributed by atoms with E-state index >= 15 is 0 Å². The number of rotatable bonds is 2. The van der Waals surface area contributed by atoms with Crippen LogP contribution >= 0.6 is 11.6 Å². The summed E-state index contributed by atoms with van der Waals surface area (Å²) in [6, 6.07) is 6.86. The van der Waals surface area contributed by atoms with E-state index in [1.807, 2.05) is 6.07 Å². The molecule has 1 fully saturated rings. The van der Waals surface area contributed by atoms with Gasteiger partial charge in [-0.3, -0.25) is 4.79 Å². The van der Waals surface area contributed by atoms with Crippen molar-refractivity contribution in [2.45, 2.75) is 12.8 Å². The van der Waals surface area contributed by atoms with E-state index in [0.29, 0.717) is 22.8 Å². The molecule has 94 valence electrons. The maximum Gasteiger partial charge on any atom is 0.228 e. The molecule has 0 spiro atoms. The van der Waals surface area contributed by atoms with Crippen LogP contribution in [0.15, 0.2) is 18.2 Å². The van der Waals surface area contributed by atoms with Gasteiger partial charge in [-0.15, -0.1) is 0 Å². The van der Waals surface area contributed by atoms with E-state index in [1.165, 1.54) is 0 Å². The fourth-order valence-electron chi connectivity index (χ4n) is 2.00. The second kappa shape index (κ2) is 5.85. The SMILES string of the molecule is N#Cc1ccc(NC(=O)C2CCCNC2)c(Cl)c1. The first-order valence-corrected chi connectivity index (χ1v) is 6.29. The van der Waals surface area contributed by atoms with Crippen LogP contribution in [0, 0.1) is 17.2 Å². The molecule has 0 saturated carbocycles. The zero-order valence-electron chi connectivity index (χ0n) is 9.87. The van der Waals surface area contributed by atoms with Crippen molar-refractivity contribution in [3.05, 3.63) is 28.8 Å². The fraction of sp³-hybridized carbons (Fsp3) is 0.385. The number of nitrogens with one attached hydrogen (secondary N) is 2. The first-order chi connectivity index (χ1) is 8.70. The van der Waals surface area contributed by atoms with Gasteiger partial charge >= 0.3 is 0 Å². The van der Waals surface area contributed by atoms with E-state index in [4.69, 9.17) is 16.9 Å². The minimum absolute atomic E-state index is 0.00883. The molecule has 2 rings (SSSR count). The lowest BCUT2D eigenvalue weighted by Crippen LogP contribution is -2.37. The second-order valence-electron chi connectivity index (χ2n) is 4.34. The Morgan fingerprint density at radius 3 is 3.00 bits per heavy atom. The molecule has 1 amide bonds. The summed E-state index contributed by atoms with van der Waals surface area (Å²) >= 11 is 6.01. The number of carbonyl (C=O) groups is 1. The summed E-state index contributed by atoms with van der Waals surface area (Å²) in [7, 11) is 0. The Morgan fingerprint density at radius 2 is 2.39 bits per heavy atom. The smallest absolute Gasteiger partial charge is 0.228 e. The summed E-state index contributed by atoms with van der Waals surface area (Å²) in [5.74, 6) is -0.0285. The standard InChI is InChI=1S/C13H14ClN3O/c14-11-6-9(7-15)3-4-12(11)17-13(18)10-2-1-5-16-8-10/h3-4,6,10,16H,1-2,5,8H2,(H,17,18). The Bertz CT molecular complexity index is 489. The largest absolute Gasteiger partial charge is 0.324 e. The molecule has 4 nitrogen and oxygen atoms in total. The third-order valence-corrected chi connectivity index (χ3v) is 3.34. The highest BCUT2D eigenvalue weighted by Crippen LogP contribution is 2.24. The molecule has 1 unspecified atom stereocenters. The highest BCUT2D eigenvalue weighted by atomic mass is 35.5. The molecule has 0 bridgehead atoms. The third kappa shape index (κ3) is 3.00. The molecule has 1 heterocycles. The maximum absolute atomic E-state index is 12.0. The minimum Gasteiger partial charge on any atom is -0.324 e. The van der Waals surface area contributed by atoms with Gasteiger partial charge in [-0.25, -0.2) is 0 Å². The number of benzene rings is 1. The van der Waals surface area contributed by atoms with Crippen molar-refractivity contribution in [2.75, 3.05) is 18.4 Å². The minimum atomic E-state index is -0.0196. The van der Waals surface area contributed by atoms with Crippen LogP contribution in [0.1, 0.15) is 18.4 Å². The molecular weight excluding hydrogens is 250 g/mol. The topological polar surface area (TPSA) is 64.9 Å². The van der Waals surface area contributed by atoms with E-state index < -0.39 is 0 Å². The lowest BCUT2D eigenvalue weighted by atomic mass is 9.99. The summed E-state index contributed by atoms with van der Waals surface area (Å²) < 4.78 is 0. The highest BCUT2D eigenvalue weighted by molar-refractivity contribution is 6.33. The van der Waals surface area contributed by atoms with Crippen molar-refractivity contribution < 1.29 is 4.79 Å². The second-order valence-corrected chi connectivity index (χ2v) is 4.75. The molecule has 1 aromatic rings. The lowest BCUT2D eigenvalue weighted by Gasteiger charge is -2.22. The van der Waals surface area contributed by atoms with E-state index in [-0.39, 0.29) is 11.8 Å². The fourth-order valence-corrected chi connectivity index (χ4v) is 2.22. The third-order valence-electron chi connectivity index (χ3n) is 3.02. The van der Waals surface area contributed by atoms with Crippen molar-refractivity contribution in [3.63, 3.8) is 0 Å². The summed E-state index contributed by atoms with van der Waals surface area (Å²) in [6.45, 7) is 1.68. The number of halogens is 1. The maximum atomic E-state index is 12.0. The van der Waals surface area contributed by atoms with Gasteiger partial charge in [0.05, 0.1) is 28.3 Å². The van der Waals surface area contributed by atoms with Crippen LogP contribution in [0.2, 0.25) is 5.02 Å². The van der Waals surface area contributed by atoms with Gasteiger partial charge in [0.1, 0.15) is 0 Å². The van der Waals surface area contributed by atoms with Crippen LogP contribution in [0.3, 0.4) is 0 Å². The normalized spacial score (nSPS) is 19.0. The molecule has 1 saturated heterocycles. The molecule has 0 radical (unpaired) electrons. The lowest BCUT2D eigenvalue weighted by molar-refractivity contribution is -0.120. The van der Waals surface area contributed by atoms with Gasteiger partial charge in [0, 0.05) is 6.54 Å². The molecule has 18 heavy (non-hydrogen) atoms. The molecule has 1 atom stereocenters. The Hall–Kier alpha value is -1.57. The van der Waals surface area contributed by atoms with Gasteiger partial charge in [0.2, 0.25) is 5.91 Å². The number of nitrogens with zero attached hydrogens (tertiary/aromatic N) is 1. The van der Waals surface area contributed by atoms with Gasteiger partial charge in [0.25, 0.3) is 0 Å². The van der Waals surface area contributed by atoms with Crippen LogP contribution in [0.4, 0.5) is 5.69 Å². The average molecular weight is 264 g/mol. The van der Waals surface area contributed by atoms with E-state index in [0.717, 1.165) is 19.4 Å². The molecule has 2 N–H and O–H groups in total. The van der Waals surface area contributed by atoms with Crippen LogP contribution in [0.25, 0.3) is 0 Å². The summed E-state index contributed by atoms with van der Waals surface area (Å²) in [5, 5.41) is 15.1. The van der Waals surface area contributed by atoms with Crippen LogP contribution in [-0.4, -0.2) is 19.0 Å². The van der Waals surface area contributed by atoms with Crippen molar-refractivity contribution in [1.29, 1.82) is 5.26 Å². The predicted octanol–water partition coefficient (Wildman–Crippen LogP) is 2.15. The Kier molecular flexibility index (Phi) is 4.19. The summed E-state index contributed by atoms with van der Waals surface area (Å²) in [5.41, 5.74) is 1.04. The number of amides is 1. The first-order valence-electron chi connectivity index (χ1n) is 5.92. The zero-order chi connectivity index (χ0) is 13.0. The van der Waals surface area contributed by atoms with E-state index in [9.17, 15) is 4.79 Å². The molecule has 0 aliphatic carbocycles. The molecule has 1 aliphatic heterocycles. The Labute approximate surface area is 111 Å². The van der Waals surface area contributed by atoms with Gasteiger partial charge in [-0.1, -0.05) is 11.6 Å². The molecule has 1 aliphatic rings. The van der Waals surface area contributed by atoms with Crippen molar-refractivity contribution in [3.8, 4) is 6.07 Å². The summed E-state index contributed by atoms with van der Waals surface area (Å²) in [6.07, 6.45) is 1.91. The zero-order valence-corrected chi connectivity index (χ0v) is 10.6. The number of piperidine rings is 1. The van der Waals surface area contributed by atoms with Crippen molar-refractivity contribution >= 4 is 23.2 Å². The quantitative estimate of drug-likeness (QED) is 0.859. The van der Waals surface area contributed by atoms with Crippen LogP contribution in [-0.2, 0) is 4.79 Å². The van der Waals surface area contributed by atoms with Gasteiger partial charge < -0.3 is 10.6 Å². The summed E-state index contributed by atoms with van der Waals surface area (Å²) in [4.78, 5) is 12.0. The molecule has 1 aromatic carbocycles. The molecular formula is C13H14ClN3O. The number of hydrogen-bond acceptors (Lipinski definition) is 3. The van der Waals surface area contributed by atoms with Gasteiger partial charge in [0.15, 0.2) is 0 Å². The van der Waals surface area contributed by atoms with Crippen molar-refractivity contribution in [1.82, 2.24) is 5.32 Å². The van der Waals surface area contributed by atoms with Crippen LogP contribution in [0.5, 0.6) is 0 Å². The van der Waals surface area contributed by atoms with Crippen molar-refractivity contribution in [2.24, 2.45) is 5.92 Å². The molecule has 0 aromatic heterocycles. The van der Waals surface area contributed by atoms with Gasteiger partial charge in [-0.05, 0) is 37.6 Å². The number of nitriles is 1. The van der Waals surface area contributed by atoms with E-state index in [1.54, 1.807) is 18.2 Å². The first kappa shape index (κ1) is 12.9. The van der Waals surface area contributed by atoms with E-state index in [2.05, 4.69) is 10.6 Å². The number of anilines is 1. The molecule has 5 heteroatoms. The van der Waals surface area contributed by atoms with Gasteiger partial charge in [-0.2, -0.15) is 5.26 Å². The number of hydrogen-bond donors (Lipinski definition) is 2. The predicted molar refractivity (Wildman–Crippen MR) is 70.4 cm³/mol. The highest BCUT2D eigenvalue weighted by Gasteiger charge is 2.21. The Balaban J connectivity index is 2.04.